The van der Waals surface area contributed by atoms with Crippen molar-refractivity contribution in [3.63, 3.8) is 0 Å². The maximum absolute atomic E-state index is 5.97. The number of benzene rings is 2. The number of rotatable bonds is 3. The highest BCUT2D eigenvalue weighted by Gasteiger charge is 2.10. The quantitative estimate of drug-likeness (QED) is 0.528. The van der Waals surface area contributed by atoms with Crippen LogP contribution in [-0.2, 0) is 0 Å². The molecule has 0 aliphatic rings. The molecule has 4 heteroatoms. The van der Waals surface area contributed by atoms with Crippen molar-refractivity contribution in [2.75, 3.05) is 0 Å². The fourth-order valence-electron chi connectivity index (χ4n) is 1.99. The van der Waals surface area contributed by atoms with Gasteiger partial charge in [-0.25, -0.2) is 4.98 Å². The highest BCUT2D eigenvalue weighted by Crippen LogP contribution is 2.35. The number of halogens is 2. The molecule has 0 N–H and O–H groups in total. The van der Waals surface area contributed by atoms with Crippen LogP contribution in [0.25, 0.3) is 11.1 Å². The van der Waals surface area contributed by atoms with Crippen LogP contribution >= 0.6 is 31.9 Å². The van der Waals surface area contributed by atoms with Crippen molar-refractivity contribution < 1.29 is 4.74 Å². The lowest BCUT2D eigenvalue weighted by atomic mass is 10.1. The van der Waals surface area contributed by atoms with Crippen LogP contribution in [0.2, 0.25) is 0 Å². The molecule has 0 fully saturated rings. The maximum atomic E-state index is 5.97. The number of hydrogen-bond acceptors (Lipinski definition) is 2. The van der Waals surface area contributed by atoms with E-state index in [0.717, 1.165) is 25.8 Å². The molecule has 2 nitrogen and oxygen atoms in total. The lowest BCUT2D eigenvalue weighted by Gasteiger charge is -2.11. The first-order valence-corrected chi connectivity index (χ1v) is 7.96. The summed E-state index contributed by atoms with van der Waals surface area (Å²) in [5, 5.41) is 0. The molecule has 21 heavy (non-hydrogen) atoms. The normalized spacial score (nSPS) is 10.4. The standard InChI is InChI=1S/C17H11Br2NO/c18-13-10-15(19)17(20-11-13)21-16-9-5-4-8-14(16)12-6-2-1-3-7-12/h1-11H. The molecule has 0 saturated carbocycles. The molecule has 0 amide bonds. The molecule has 1 heterocycles. The van der Waals surface area contributed by atoms with Crippen molar-refractivity contribution in [3.8, 4) is 22.8 Å². The molecular formula is C17H11Br2NO. The molecule has 0 spiro atoms. The van der Waals surface area contributed by atoms with E-state index in [2.05, 4.69) is 49.0 Å². The van der Waals surface area contributed by atoms with Crippen LogP contribution in [0.4, 0.5) is 0 Å². The van der Waals surface area contributed by atoms with Gasteiger partial charge in [0.2, 0.25) is 5.88 Å². The first-order valence-electron chi connectivity index (χ1n) is 6.37. The van der Waals surface area contributed by atoms with E-state index in [1.165, 1.54) is 0 Å². The molecule has 1 aromatic heterocycles. The fourth-order valence-corrected chi connectivity index (χ4v) is 3.06. The van der Waals surface area contributed by atoms with Crippen LogP contribution in [0.15, 0.2) is 75.8 Å². The van der Waals surface area contributed by atoms with Gasteiger partial charge in [-0.2, -0.15) is 0 Å². The van der Waals surface area contributed by atoms with Crippen LogP contribution < -0.4 is 4.74 Å². The molecule has 104 valence electrons. The van der Waals surface area contributed by atoms with Crippen LogP contribution in [0.5, 0.6) is 11.6 Å². The molecule has 3 aromatic rings. The third-order valence-corrected chi connectivity index (χ3v) is 3.95. The minimum absolute atomic E-state index is 0.543. The first-order chi connectivity index (χ1) is 10.2. The molecule has 0 bridgehead atoms. The zero-order chi connectivity index (χ0) is 14.7. The van der Waals surface area contributed by atoms with Crippen LogP contribution in [0, 0.1) is 0 Å². The van der Waals surface area contributed by atoms with E-state index in [0.29, 0.717) is 5.88 Å². The Morgan fingerprint density at radius 1 is 0.857 bits per heavy atom. The van der Waals surface area contributed by atoms with Crippen molar-refractivity contribution in [3.05, 3.63) is 75.8 Å². The minimum atomic E-state index is 0.543. The van der Waals surface area contributed by atoms with Crippen molar-refractivity contribution in [2.45, 2.75) is 0 Å². The topological polar surface area (TPSA) is 22.1 Å². The Balaban J connectivity index is 2.00. The summed E-state index contributed by atoms with van der Waals surface area (Å²) in [5.74, 6) is 1.32. The molecule has 0 saturated heterocycles. The summed E-state index contributed by atoms with van der Waals surface area (Å²) in [5.41, 5.74) is 2.15. The van der Waals surface area contributed by atoms with Crippen LogP contribution in [-0.4, -0.2) is 4.98 Å². The van der Waals surface area contributed by atoms with Gasteiger partial charge in [0.1, 0.15) is 5.75 Å². The van der Waals surface area contributed by atoms with Crippen molar-refractivity contribution >= 4 is 31.9 Å². The molecule has 0 atom stereocenters. The minimum Gasteiger partial charge on any atom is -0.437 e. The van der Waals surface area contributed by atoms with Gasteiger partial charge in [0.15, 0.2) is 0 Å². The van der Waals surface area contributed by atoms with Crippen LogP contribution in [0.3, 0.4) is 0 Å². The van der Waals surface area contributed by atoms with Gasteiger partial charge in [0.25, 0.3) is 0 Å². The van der Waals surface area contributed by atoms with E-state index in [1.807, 2.05) is 48.5 Å². The number of para-hydroxylation sites is 1. The average Bonchev–Trinajstić information content (AvgIpc) is 2.51. The van der Waals surface area contributed by atoms with Crippen molar-refractivity contribution in [1.29, 1.82) is 0 Å². The fraction of sp³-hybridized carbons (Fsp3) is 0. The Kier molecular flexibility index (Phi) is 4.36. The first kappa shape index (κ1) is 14.3. The lowest BCUT2D eigenvalue weighted by Crippen LogP contribution is -1.91. The Morgan fingerprint density at radius 3 is 2.33 bits per heavy atom. The van der Waals surface area contributed by atoms with Gasteiger partial charge in [0.05, 0.1) is 4.47 Å². The summed E-state index contributed by atoms with van der Waals surface area (Å²) in [7, 11) is 0. The summed E-state index contributed by atoms with van der Waals surface area (Å²) in [4.78, 5) is 4.29. The number of hydrogen-bond donors (Lipinski definition) is 0. The molecule has 0 aliphatic carbocycles. The van der Waals surface area contributed by atoms with Gasteiger partial charge in [-0.1, -0.05) is 48.5 Å². The number of pyridine rings is 1. The third-order valence-electron chi connectivity index (χ3n) is 2.95. The summed E-state index contributed by atoms with van der Waals surface area (Å²) >= 11 is 6.85. The summed E-state index contributed by atoms with van der Waals surface area (Å²) in [6.07, 6.45) is 1.71. The highest BCUT2D eigenvalue weighted by atomic mass is 79.9. The molecule has 2 aromatic carbocycles. The summed E-state index contributed by atoms with van der Waals surface area (Å²) in [6, 6.07) is 20.0. The Morgan fingerprint density at radius 2 is 1.57 bits per heavy atom. The average molecular weight is 405 g/mol. The molecule has 3 rings (SSSR count). The van der Waals surface area contributed by atoms with Gasteiger partial charge in [-0.05, 0) is 49.6 Å². The zero-order valence-corrected chi connectivity index (χ0v) is 14.1. The van der Waals surface area contributed by atoms with Gasteiger partial charge in [-0.3, -0.25) is 0 Å². The third kappa shape index (κ3) is 3.34. The number of nitrogens with zero attached hydrogens (tertiary/aromatic N) is 1. The zero-order valence-electron chi connectivity index (χ0n) is 11.0. The molecule has 0 radical (unpaired) electrons. The summed E-state index contributed by atoms with van der Waals surface area (Å²) < 4.78 is 7.68. The van der Waals surface area contributed by atoms with E-state index in [4.69, 9.17) is 4.74 Å². The van der Waals surface area contributed by atoms with Crippen molar-refractivity contribution in [1.82, 2.24) is 4.98 Å². The van der Waals surface area contributed by atoms with E-state index in [9.17, 15) is 0 Å². The smallest absolute Gasteiger partial charge is 0.233 e. The van der Waals surface area contributed by atoms with Gasteiger partial charge in [-0.15, -0.1) is 0 Å². The Bertz CT molecular complexity index is 760. The van der Waals surface area contributed by atoms with E-state index in [-0.39, 0.29) is 0 Å². The van der Waals surface area contributed by atoms with Gasteiger partial charge in [0, 0.05) is 16.2 Å². The monoisotopic (exact) mass is 403 g/mol. The second kappa shape index (κ2) is 6.41. The molecule has 0 aliphatic heterocycles. The van der Waals surface area contributed by atoms with E-state index < -0.39 is 0 Å². The van der Waals surface area contributed by atoms with Crippen LogP contribution in [0.1, 0.15) is 0 Å². The predicted octanol–water partition coefficient (Wildman–Crippen LogP) is 6.07. The molecule has 0 unspecified atom stereocenters. The molecular weight excluding hydrogens is 394 g/mol. The van der Waals surface area contributed by atoms with Gasteiger partial charge < -0.3 is 4.74 Å². The second-order valence-electron chi connectivity index (χ2n) is 4.40. The largest absolute Gasteiger partial charge is 0.437 e. The Hall–Kier alpha value is -1.65. The number of aromatic nitrogens is 1. The summed E-state index contributed by atoms with van der Waals surface area (Å²) in [6.45, 7) is 0. The highest BCUT2D eigenvalue weighted by molar-refractivity contribution is 9.11. The van der Waals surface area contributed by atoms with E-state index >= 15 is 0 Å². The lowest BCUT2D eigenvalue weighted by molar-refractivity contribution is 0.461. The van der Waals surface area contributed by atoms with Crippen molar-refractivity contribution in [2.24, 2.45) is 0 Å². The second-order valence-corrected chi connectivity index (χ2v) is 6.17. The Labute approximate surface area is 140 Å². The maximum Gasteiger partial charge on any atom is 0.233 e. The van der Waals surface area contributed by atoms with Gasteiger partial charge >= 0.3 is 0 Å². The van der Waals surface area contributed by atoms with E-state index in [1.54, 1.807) is 6.20 Å². The number of ether oxygens (including phenoxy) is 1. The SMILES string of the molecule is Brc1cnc(Oc2ccccc2-c2ccccc2)c(Br)c1. The predicted molar refractivity (Wildman–Crippen MR) is 91.6 cm³/mol.